The van der Waals surface area contributed by atoms with Crippen LogP contribution >= 0.6 is 0 Å². The lowest BCUT2D eigenvalue weighted by Crippen LogP contribution is -2.10. The fraction of sp³-hybridized carbons (Fsp3) is 0.0588. The van der Waals surface area contributed by atoms with Gasteiger partial charge in [0.15, 0.2) is 5.75 Å². The highest BCUT2D eigenvalue weighted by atomic mass is 19.1. The number of benzene rings is 2. The molecular weight excluding hydrogens is 285 g/mol. The van der Waals surface area contributed by atoms with Gasteiger partial charge in [-0.3, -0.25) is 4.79 Å². The predicted octanol–water partition coefficient (Wildman–Crippen LogP) is 3.40. The predicted molar refractivity (Wildman–Crippen MR) is 81.8 cm³/mol. The van der Waals surface area contributed by atoms with E-state index in [4.69, 9.17) is 4.74 Å². The fourth-order valence-corrected chi connectivity index (χ4v) is 1.73. The zero-order chi connectivity index (χ0) is 15.9. The summed E-state index contributed by atoms with van der Waals surface area (Å²) in [4.78, 5) is 22.9. The van der Waals surface area contributed by atoms with Crippen LogP contribution in [0.2, 0.25) is 0 Å². The van der Waals surface area contributed by atoms with Gasteiger partial charge in [-0.2, -0.15) is 0 Å². The van der Waals surface area contributed by atoms with Gasteiger partial charge in [-0.05, 0) is 35.9 Å². The number of ether oxygens (including phenoxy) is 1. The molecule has 2 aromatic rings. The van der Waals surface area contributed by atoms with Crippen molar-refractivity contribution in [3.8, 4) is 5.75 Å². The molecule has 0 aliphatic rings. The van der Waals surface area contributed by atoms with Crippen LogP contribution in [0.3, 0.4) is 0 Å². The molecule has 1 amide bonds. The molecule has 5 heteroatoms. The van der Waals surface area contributed by atoms with Gasteiger partial charge in [-0.25, -0.2) is 9.18 Å². The van der Waals surface area contributed by atoms with Crippen molar-refractivity contribution in [1.82, 2.24) is 0 Å². The Bertz CT molecular complexity index is 708. The molecule has 0 spiro atoms. The standard InChI is InChI=1S/C17H14FNO3/c1-12(20)19-15-4-2-3-5-16(15)22-17(21)11-8-13-6-9-14(18)10-7-13/h2-11H,1H3,(H,19,20)/b11-8+. The van der Waals surface area contributed by atoms with Crippen molar-refractivity contribution in [2.75, 3.05) is 5.32 Å². The van der Waals surface area contributed by atoms with Crippen molar-refractivity contribution in [3.63, 3.8) is 0 Å². The lowest BCUT2D eigenvalue weighted by molar-refractivity contribution is -0.129. The topological polar surface area (TPSA) is 55.4 Å². The molecule has 112 valence electrons. The van der Waals surface area contributed by atoms with Crippen LogP contribution in [0.25, 0.3) is 6.08 Å². The first-order chi connectivity index (χ1) is 10.5. The van der Waals surface area contributed by atoms with E-state index in [0.717, 1.165) is 0 Å². The van der Waals surface area contributed by atoms with E-state index in [2.05, 4.69) is 5.32 Å². The molecule has 0 unspecified atom stereocenters. The Labute approximate surface area is 127 Å². The van der Waals surface area contributed by atoms with E-state index in [-0.39, 0.29) is 17.5 Å². The summed E-state index contributed by atoms with van der Waals surface area (Å²) < 4.78 is 17.9. The first-order valence-electron chi connectivity index (χ1n) is 6.56. The monoisotopic (exact) mass is 299 g/mol. The maximum atomic E-state index is 12.8. The van der Waals surface area contributed by atoms with Crippen molar-refractivity contribution < 1.29 is 18.7 Å². The average molecular weight is 299 g/mol. The molecule has 0 saturated carbocycles. The summed E-state index contributed by atoms with van der Waals surface area (Å²) >= 11 is 0. The first-order valence-corrected chi connectivity index (χ1v) is 6.56. The van der Waals surface area contributed by atoms with Crippen LogP contribution in [0.4, 0.5) is 10.1 Å². The summed E-state index contributed by atoms with van der Waals surface area (Å²) in [5.74, 6) is -0.942. The normalized spacial score (nSPS) is 10.5. The van der Waals surface area contributed by atoms with Crippen molar-refractivity contribution in [1.29, 1.82) is 0 Å². The van der Waals surface area contributed by atoms with Crippen LogP contribution in [-0.2, 0) is 9.59 Å². The minimum atomic E-state index is -0.595. The second-order valence-electron chi connectivity index (χ2n) is 4.48. The van der Waals surface area contributed by atoms with Gasteiger partial charge in [-0.15, -0.1) is 0 Å². The highest BCUT2D eigenvalue weighted by Crippen LogP contribution is 2.23. The van der Waals surface area contributed by atoms with E-state index < -0.39 is 5.97 Å². The van der Waals surface area contributed by atoms with E-state index in [9.17, 15) is 14.0 Å². The first kappa shape index (κ1) is 15.4. The second kappa shape index (κ2) is 7.17. The Morgan fingerprint density at radius 3 is 2.45 bits per heavy atom. The molecule has 0 aliphatic carbocycles. The lowest BCUT2D eigenvalue weighted by Gasteiger charge is -2.08. The molecule has 22 heavy (non-hydrogen) atoms. The Morgan fingerprint density at radius 2 is 1.77 bits per heavy atom. The summed E-state index contributed by atoms with van der Waals surface area (Å²) in [5.41, 5.74) is 1.09. The van der Waals surface area contributed by atoms with Gasteiger partial charge in [0.25, 0.3) is 0 Å². The molecule has 2 aromatic carbocycles. The van der Waals surface area contributed by atoms with Gasteiger partial charge in [0.2, 0.25) is 5.91 Å². The lowest BCUT2D eigenvalue weighted by atomic mass is 10.2. The number of anilines is 1. The minimum absolute atomic E-state index is 0.256. The number of hydrogen-bond acceptors (Lipinski definition) is 3. The van der Waals surface area contributed by atoms with Crippen molar-refractivity contribution in [2.45, 2.75) is 6.92 Å². The maximum absolute atomic E-state index is 12.8. The number of amides is 1. The van der Waals surface area contributed by atoms with Crippen molar-refractivity contribution in [3.05, 3.63) is 66.0 Å². The Kier molecular flexibility index (Phi) is 5.03. The third-order valence-electron chi connectivity index (χ3n) is 2.69. The summed E-state index contributed by atoms with van der Waals surface area (Å²) in [7, 11) is 0. The fourth-order valence-electron chi connectivity index (χ4n) is 1.73. The summed E-state index contributed by atoms with van der Waals surface area (Å²) in [6.07, 6.45) is 2.75. The quantitative estimate of drug-likeness (QED) is 0.535. The SMILES string of the molecule is CC(=O)Nc1ccccc1OC(=O)/C=C/c1ccc(F)cc1. The highest BCUT2D eigenvalue weighted by Gasteiger charge is 2.07. The smallest absolute Gasteiger partial charge is 0.336 e. The molecule has 0 bridgehead atoms. The molecule has 0 saturated heterocycles. The van der Waals surface area contributed by atoms with Gasteiger partial charge >= 0.3 is 5.97 Å². The molecule has 0 radical (unpaired) electrons. The Hall–Kier alpha value is -2.95. The molecule has 0 aliphatic heterocycles. The van der Waals surface area contributed by atoms with Gasteiger partial charge < -0.3 is 10.1 Å². The molecule has 0 aromatic heterocycles. The van der Waals surface area contributed by atoms with E-state index in [0.29, 0.717) is 11.3 Å². The number of para-hydroxylation sites is 2. The van der Waals surface area contributed by atoms with Crippen LogP contribution in [0, 0.1) is 5.82 Å². The average Bonchev–Trinajstić information content (AvgIpc) is 2.48. The maximum Gasteiger partial charge on any atom is 0.336 e. The number of carbonyl (C=O) groups excluding carboxylic acids is 2. The van der Waals surface area contributed by atoms with Gasteiger partial charge in [-0.1, -0.05) is 24.3 Å². The third kappa shape index (κ3) is 4.56. The molecule has 1 N–H and O–H groups in total. The number of halogens is 1. The highest BCUT2D eigenvalue weighted by molar-refractivity contribution is 5.93. The summed E-state index contributed by atoms with van der Waals surface area (Å²) in [5, 5.41) is 2.58. The van der Waals surface area contributed by atoms with Crippen LogP contribution in [0.1, 0.15) is 12.5 Å². The number of nitrogens with one attached hydrogen (secondary N) is 1. The van der Waals surface area contributed by atoms with Crippen LogP contribution in [0.5, 0.6) is 5.75 Å². The third-order valence-corrected chi connectivity index (χ3v) is 2.69. The van der Waals surface area contributed by atoms with E-state index in [1.165, 1.54) is 31.2 Å². The number of hydrogen-bond donors (Lipinski definition) is 1. The Balaban J connectivity index is 2.06. The minimum Gasteiger partial charge on any atom is -0.421 e. The van der Waals surface area contributed by atoms with Crippen LogP contribution in [-0.4, -0.2) is 11.9 Å². The molecule has 0 fully saturated rings. The van der Waals surface area contributed by atoms with Gasteiger partial charge in [0, 0.05) is 13.0 Å². The Morgan fingerprint density at radius 1 is 1.09 bits per heavy atom. The molecule has 2 rings (SSSR count). The van der Waals surface area contributed by atoms with Gasteiger partial charge in [0.05, 0.1) is 5.69 Å². The number of esters is 1. The second-order valence-corrected chi connectivity index (χ2v) is 4.48. The van der Waals surface area contributed by atoms with Crippen molar-refractivity contribution in [2.24, 2.45) is 0 Å². The van der Waals surface area contributed by atoms with Gasteiger partial charge in [0.1, 0.15) is 5.82 Å². The zero-order valence-electron chi connectivity index (χ0n) is 11.9. The number of carbonyl (C=O) groups is 2. The summed E-state index contributed by atoms with van der Waals surface area (Å²) in [6, 6.07) is 12.3. The summed E-state index contributed by atoms with van der Waals surface area (Å²) in [6.45, 7) is 1.37. The van der Waals surface area contributed by atoms with E-state index in [1.54, 1.807) is 36.4 Å². The largest absolute Gasteiger partial charge is 0.421 e. The van der Waals surface area contributed by atoms with Crippen LogP contribution in [0.15, 0.2) is 54.6 Å². The number of rotatable bonds is 4. The molecule has 4 nitrogen and oxygen atoms in total. The van der Waals surface area contributed by atoms with E-state index >= 15 is 0 Å². The molecule has 0 heterocycles. The zero-order valence-corrected chi connectivity index (χ0v) is 11.9. The van der Waals surface area contributed by atoms with Crippen molar-refractivity contribution >= 4 is 23.6 Å². The molecular formula is C17H14FNO3. The van der Waals surface area contributed by atoms with E-state index in [1.807, 2.05) is 0 Å². The van der Waals surface area contributed by atoms with Crippen LogP contribution < -0.4 is 10.1 Å². The molecule has 0 atom stereocenters.